The number of imidazole rings is 1. The summed E-state index contributed by atoms with van der Waals surface area (Å²) < 4.78 is 26.1. The van der Waals surface area contributed by atoms with Crippen LogP contribution >= 0.6 is 95.6 Å². The first kappa shape index (κ1) is 49.1. The van der Waals surface area contributed by atoms with E-state index in [1.165, 1.54) is 28.4 Å². The molecule has 0 saturated heterocycles. The third kappa shape index (κ3) is 9.25. The molecule has 0 spiro atoms. The van der Waals surface area contributed by atoms with Gasteiger partial charge in [0.2, 0.25) is 0 Å². The van der Waals surface area contributed by atoms with Gasteiger partial charge in [0.05, 0.1) is 79.1 Å². The van der Waals surface area contributed by atoms with Crippen molar-refractivity contribution in [2.75, 3.05) is 28.4 Å². The lowest BCUT2D eigenvalue weighted by molar-refractivity contribution is 0.0592. The number of methoxy groups -OCH3 is 4. The molecule has 68 heavy (non-hydrogen) atoms. The van der Waals surface area contributed by atoms with Gasteiger partial charge in [-0.3, -0.25) is 4.57 Å². The zero-order valence-electron chi connectivity index (χ0n) is 35.9. The topological polar surface area (TPSA) is 148 Å². The van der Waals surface area contributed by atoms with Crippen LogP contribution in [0.25, 0.3) is 33.9 Å². The lowest BCUT2D eigenvalue weighted by atomic mass is 9.98. The largest absolute Gasteiger partial charge is 0.465 e. The van der Waals surface area contributed by atoms with E-state index >= 15 is 0 Å². The lowest BCUT2D eigenvalue weighted by Gasteiger charge is -2.32. The fraction of sp³-hybridized carbons (Fsp3) is 0.100. The summed E-state index contributed by atoms with van der Waals surface area (Å²) in [5.74, 6) is -3.51. The molecule has 0 radical (unpaired) electrons. The van der Waals surface area contributed by atoms with Crippen molar-refractivity contribution >= 4 is 131 Å². The normalized spacial score (nSPS) is 12.8. The number of benzene rings is 6. The minimum Gasteiger partial charge on any atom is -0.465 e. The van der Waals surface area contributed by atoms with Gasteiger partial charge in [-0.2, -0.15) is 0 Å². The number of esters is 4. The van der Waals surface area contributed by atoms with Gasteiger partial charge in [0.1, 0.15) is 5.82 Å². The van der Waals surface area contributed by atoms with Gasteiger partial charge in [-0.15, -0.1) is 0 Å². The molecule has 342 valence electrons. The Labute approximate surface area is 440 Å². The highest BCUT2D eigenvalue weighted by Crippen LogP contribution is 2.52. The molecule has 0 bridgehead atoms. The molecule has 1 aliphatic rings. The Morgan fingerprint density at radius 2 is 0.779 bits per heavy atom. The molecule has 12 nitrogen and oxygen atoms in total. The van der Waals surface area contributed by atoms with Crippen molar-refractivity contribution in [3.63, 3.8) is 0 Å². The first-order valence-corrected chi connectivity index (χ1v) is 24.8. The molecule has 0 saturated carbocycles. The fourth-order valence-electron chi connectivity index (χ4n) is 7.67. The van der Waals surface area contributed by atoms with Crippen LogP contribution in [0.4, 0.5) is 0 Å². The van der Waals surface area contributed by atoms with E-state index < -0.39 is 29.7 Å². The van der Waals surface area contributed by atoms with Crippen LogP contribution in [0.15, 0.2) is 158 Å². The minimum absolute atomic E-state index is 0.310. The third-order valence-corrected chi connectivity index (χ3v) is 14.3. The van der Waals surface area contributed by atoms with Crippen LogP contribution in [-0.4, -0.2) is 73.3 Å². The zero-order chi connectivity index (χ0) is 48.6. The van der Waals surface area contributed by atoms with Gasteiger partial charge in [-0.05, 0) is 105 Å². The van der Waals surface area contributed by atoms with Crippen molar-refractivity contribution in [3.05, 3.63) is 187 Å². The maximum atomic E-state index is 12.9. The lowest BCUT2D eigenvalue weighted by Crippen LogP contribution is -2.32. The van der Waals surface area contributed by atoms with Crippen LogP contribution in [0.5, 0.6) is 0 Å². The number of hydrogen-bond acceptors (Lipinski definition) is 11. The summed E-state index contributed by atoms with van der Waals surface area (Å²) in [4.78, 5) is 68.0. The van der Waals surface area contributed by atoms with Crippen molar-refractivity contribution in [1.82, 2.24) is 9.55 Å². The second-order valence-electron chi connectivity index (χ2n) is 14.8. The number of ether oxygens (including phenoxy) is 4. The number of nitrogens with zero attached hydrogens (tertiary/aromatic N) is 4. The smallest absolute Gasteiger partial charge is 0.337 e. The summed E-state index contributed by atoms with van der Waals surface area (Å²) in [6.07, 6.45) is 0. The Balaban J connectivity index is 1.59. The second kappa shape index (κ2) is 20.3. The summed E-state index contributed by atoms with van der Waals surface area (Å²) in [5, 5.41) is 0. The SMILES string of the molecule is COC(=O)c1ccc(C2=NC(c3c(Br)cc(Br)cc3Br)(n3c(-c4c(Br)cc(Br)cc4Br)nc(-c4ccc(C(=O)OC)cc4)c3-c3ccc(C(=O)OC)cc3)N=C2c2ccc(C(=O)OC)cc2)cc1. The predicted molar refractivity (Wildman–Crippen MR) is 280 cm³/mol. The summed E-state index contributed by atoms with van der Waals surface area (Å²) in [6.45, 7) is 0. The molecule has 0 aliphatic carbocycles. The van der Waals surface area contributed by atoms with E-state index in [4.69, 9.17) is 33.9 Å². The van der Waals surface area contributed by atoms with Crippen LogP contribution in [-0.2, 0) is 24.7 Å². The standard InChI is InChI=1S/C50H32Br6N4O8/c1-65-46(61)29-13-5-25(6-14-29)41-42(26-7-15-30(16-8-26)47(62)66-2)59-50(58-41,40-37(55)23-34(52)24-38(40)56)60-44(28-11-19-32(20-12-28)49(64)68-4)43(27-9-17-31(18-10-27)48(63)67-3)57-45(60)39-35(53)21-33(51)22-36(39)54/h5-24H,1-4H3. The number of rotatable bonds is 11. The molecule has 0 unspecified atom stereocenters. The molecule has 2 heterocycles. The van der Waals surface area contributed by atoms with Gasteiger partial charge in [-0.25, -0.2) is 34.1 Å². The highest BCUT2D eigenvalue weighted by atomic mass is 79.9. The summed E-state index contributed by atoms with van der Waals surface area (Å²) >= 11 is 22.9. The van der Waals surface area contributed by atoms with Crippen molar-refractivity contribution in [2.24, 2.45) is 9.98 Å². The van der Waals surface area contributed by atoms with Crippen molar-refractivity contribution < 1.29 is 38.1 Å². The summed E-state index contributed by atoms with van der Waals surface area (Å²) in [6, 6.07) is 35.0. The molecule has 0 N–H and O–H groups in total. The number of carbonyl (C=O) groups excluding carboxylic acids is 4. The highest BCUT2D eigenvalue weighted by molar-refractivity contribution is 9.12. The molecular weight excluding hydrogens is 1260 g/mol. The van der Waals surface area contributed by atoms with Crippen LogP contribution in [0.1, 0.15) is 58.1 Å². The number of hydrogen-bond donors (Lipinski definition) is 0. The molecule has 18 heteroatoms. The van der Waals surface area contributed by atoms with E-state index in [1.54, 1.807) is 97.1 Å². The van der Waals surface area contributed by atoms with E-state index in [-0.39, 0.29) is 0 Å². The number of halogens is 6. The first-order valence-electron chi connectivity index (χ1n) is 20.0. The van der Waals surface area contributed by atoms with Crippen LogP contribution in [0, 0.1) is 0 Å². The van der Waals surface area contributed by atoms with Gasteiger partial charge in [-0.1, -0.05) is 112 Å². The van der Waals surface area contributed by atoms with Crippen LogP contribution < -0.4 is 0 Å². The van der Waals surface area contributed by atoms with Crippen LogP contribution in [0.3, 0.4) is 0 Å². The third-order valence-electron chi connectivity index (χ3n) is 10.8. The minimum atomic E-state index is -1.82. The number of aromatic nitrogens is 2. The van der Waals surface area contributed by atoms with E-state index in [0.29, 0.717) is 102 Å². The summed E-state index contributed by atoms with van der Waals surface area (Å²) in [7, 11) is 5.26. The molecular formula is C50H32Br6N4O8. The average Bonchev–Trinajstić information content (AvgIpc) is 3.93. The highest BCUT2D eigenvalue weighted by Gasteiger charge is 2.48. The first-order chi connectivity index (χ1) is 32.6. The monoisotopic (exact) mass is 1290 g/mol. The van der Waals surface area contributed by atoms with Crippen molar-refractivity contribution in [1.29, 1.82) is 0 Å². The average molecular weight is 1300 g/mol. The quantitative estimate of drug-likeness (QED) is 0.0912. The number of carbonyl (C=O) groups is 4. The maximum Gasteiger partial charge on any atom is 0.337 e. The molecule has 1 aromatic heterocycles. The van der Waals surface area contributed by atoms with E-state index in [1.807, 2.05) is 28.8 Å². The van der Waals surface area contributed by atoms with Gasteiger partial charge >= 0.3 is 23.9 Å². The Bertz CT molecular complexity index is 3120. The Hall–Kier alpha value is -5.37. The predicted octanol–water partition coefficient (Wildman–Crippen LogP) is 13.3. The molecule has 1 aliphatic heterocycles. The molecule has 0 atom stereocenters. The summed E-state index contributed by atoms with van der Waals surface area (Å²) in [5.41, 5.74) is 6.63. The van der Waals surface area contributed by atoms with E-state index in [9.17, 15) is 19.2 Å². The maximum absolute atomic E-state index is 12.9. The van der Waals surface area contributed by atoms with Gasteiger partial charge in [0, 0.05) is 54.7 Å². The molecule has 6 aromatic carbocycles. The second-order valence-corrected chi connectivity index (χ2v) is 20.0. The van der Waals surface area contributed by atoms with Crippen molar-refractivity contribution in [2.45, 2.75) is 5.79 Å². The van der Waals surface area contributed by atoms with Crippen molar-refractivity contribution in [3.8, 4) is 33.9 Å². The molecule has 7 aromatic rings. The van der Waals surface area contributed by atoms with Gasteiger partial charge in [0.25, 0.3) is 5.79 Å². The molecule has 0 amide bonds. The number of aliphatic imine (C=N–C) groups is 2. The van der Waals surface area contributed by atoms with Gasteiger partial charge in [0.15, 0.2) is 0 Å². The Morgan fingerprint density at radius 1 is 0.456 bits per heavy atom. The van der Waals surface area contributed by atoms with E-state index in [2.05, 4.69) is 95.6 Å². The Kier molecular flexibility index (Phi) is 14.7. The molecule has 0 fully saturated rings. The fourth-order valence-corrected chi connectivity index (χ4v) is 13.1. The van der Waals surface area contributed by atoms with E-state index in [0.717, 1.165) is 8.95 Å². The zero-order valence-corrected chi connectivity index (χ0v) is 45.4. The Morgan fingerprint density at radius 3 is 1.13 bits per heavy atom. The molecule has 8 rings (SSSR count). The van der Waals surface area contributed by atoms with Crippen LogP contribution in [0.2, 0.25) is 0 Å². The van der Waals surface area contributed by atoms with Gasteiger partial charge < -0.3 is 18.9 Å².